The summed E-state index contributed by atoms with van der Waals surface area (Å²) in [5.41, 5.74) is 5.42. The fourth-order valence-corrected chi connectivity index (χ4v) is 2.37. The second-order valence-electron chi connectivity index (χ2n) is 3.69. The summed E-state index contributed by atoms with van der Waals surface area (Å²) in [5, 5.41) is 0. The predicted molar refractivity (Wildman–Crippen MR) is 69.4 cm³/mol. The molecular formula is C12H18FNO3S. The van der Waals surface area contributed by atoms with Crippen LogP contribution in [0.4, 0.5) is 10.1 Å². The standard InChI is InChI=1S/C12H18FNO3S/c1-16-6-7-17-5-2-8-18(15)10-3-4-12(14)11(13)9-10/h3-4,9H,2,5-8,14H2,1H3. The summed E-state index contributed by atoms with van der Waals surface area (Å²) in [5.74, 6) is -0.0896. The Hall–Kier alpha value is -0.980. The number of halogens is 1. The lowest BCUT2D eigenvalue weighted by atomic mass is 10.3. The number of rotatable bonds is 8. The Balaban J connectivity index is 2.30. The largest absolute Gasteiger partial charge is 0.396 e. The number of nitrogens with two attached hydrogens (primary N) is 1. The zero-order chi connectivity index (χ0) is 13.4. The molecular weight excluding hydrogens is 257 g/mol. The molecule has 0 heterocycles. The van der Waals surface area contributed by atoms with Crippen LogP contribution in [0.1, 0.15) is 6.42 Å². The van der Waals surface area contributed by atoms with Crippen molar-refractivity contribution in [2.75, 3.05) is 38.4 Å². The molecule has 0 aromatic heterocycles. The molecule has 0 saturated carbocycles. The van der Waals surface area contributed by atoms with Crippen LogP contribution in [0.5, 0.6) is 0 Å². The number of hydrogen-bond donors (Lipinski definition) is 1. The molecule has 0 aliphatic rings. The summed E-state index contributed by atoms with van der Waals surface area (Å²) in [6.07, 6.45) is 0.655. The van der Waals surface area contributed by atoms with E-state index in [-0.39, 0.29) is 5.69 Å². The molecule has 0 bridgehead atoms. The molecule has 0 radical (unpaired) electrons. The van der Waals surface area contributed by atoms with Crippen LogP contribution in [0.2, 0.25) is 0 Å². The van der Waals surface area contributed by atoms with E-state index < -0.39 is 16.6 Å². The molecule has 0 fully saturated rings. The molecule has 0 saturated heterocycles. The van der Waals surface area contributed by atoms with E-state index >= 15 is 0 Å². The van der Waals surface area contributed by atoms with E-state index in [4.69, 9.17) is 15.2 Å². The number of nitrogen functional groups attached to an aromatic ring is 1. The van der Waals surface area contributed by atoms with Gasteiger partial charge in [0.25, 0.3) is 0 Å². The van der Waals surface area contributed by atoms with Crippen LogP contribution in [0, 0.1) is 5.82 Å². The van der Waals surface area contributed by atoms with Gasteiger partial charge in [0.15, 0.2) is 0 Å². The van der Waals surface area contributed by atoms with E-state index in [2.05, 4.69) is 0 Å². The molecule has 1 unspecified atom stereocenters. The third-order valence-corrected chi connectivity index (χ3v) is 3.72. The van der Waals surface area contributed by atoms with Crippen molar-refractivity contribution < 1.29 is 18.1 Å². The monoisotopic (exact) mass is 275 g/mol. The molecule has 0 aliphatic heterocycles. The van der Waals surface area contributed by atoms with Crippen LogP contribution in [-0.4, -0.2) is 36.9 Å². The van der Waals surface area contributed by atoms with E-state index in [1.807, 2.05) is 0 Å². The Bertz CT molecular complexity index is 401. The van der Waals surface area contributed by atoms with Gasteiger partial charge in [-0.05, 0) is 24.6 Å². The maximum Gasteiger partial charge on any atom is 0.147 e. The van der Waals surface area contributed by atoms with E-state index in [0.717, 1.165) is 0 Å². The van der Waals surface area contributed by atoms with E-state index in [9.17, 15) is 8.60 Å². The van der Waals surface area contributed by atoms with Crippen molar-refractivity contribution in [3.8, 4) is 0 Å². The van der Waals surface area contributed by atoms with Gasteiger partial charge in [-0.1, -0.05) is 0 Å². The minimum atomic E-state index is -1.22. The van der Waals surface area contributed by atoms with Gasteiger partial charge in [0.1, 0.15) is 5.82 Å². The molecule has 0 spiro atoms. The van der Waals surface area contributed by atoms with Crippen molar-refractivity contribution in [3.63, 3.8) is 0 Å². The van der Waals surface area contributed by atoms with E-state index in [0.29, 0.717) is 36.9 Å². The van der Waals surface area contributed by atoms with Crippen LogP contribution >= 0.6 is 0 Å². The Morgan fingerprint density at radius 1 is 1.33 bits per heavy atom. The molecule has 4 nitrogen and oxygen atoms in total. The Morgan fingerprint density at radius 3 is 2.78 bits per heavy atom. The van der Waals surface area contributed by atoms with Crippen molar-refractivity contribution in [1.82, 2.24) is 0 Å². The van der Waals surface area contributed by atoms with Gasteiger partial charge in [-0.25, -0.2) is 4.39 Å². The van der Waals surface area contributed by atoms with Crippen molar-refractivity contribution in [3.05, 3.63) is 24.0 Å². The Kier molecular flexibility index (Phi) is 6.85. The lowest BCUT2D eigenvalue weighted by molar-refractivity contribution is 0.0713. The second-order valence-corrected chi connectivity index (χ2v) is 5.26. The number of ether oxygens (including phenoxy) is 2. The average molecular weight is 275 g/mol. The maximum absolute atomic E-state index is 13.2. The van der Waals surface area contributed by atoms with Crippen LogP contribution in [0.3, 0.4) is 0 Å². The van der Waals surface area contributed by atoms with E-state index in [1.165, 1.54) is 12.1 Å². The molecule has 2 N–H and O–H groups in total. The molecule has 18 heavy (non-hydrogen) atoms. The highest BCUT2D eigenvalue weighted by Gasteiger charge is 2.06. The van der Waals surface area contributed by atoms with Crippen LogP contribution in [-0.2, 0) is 20.3 Å². The van der Waals surface area contributed by atoms with Crippen molar-refractivity contribution in [1.29, 1.82) is 0 Å². The smallest absolute Gasteiger partial charge is 0.147 e. The quantitative estimate of drug-likeness (QED) is 0.578. The fraction of sp³-hybridized carbons (Fsp3) is 0.500. The number of methoxy groups -OCH3 is 1. The number of benzene rings is 1. The van der Waals surface area contributed by atoms with Gasteiger partial charge in [0, 0.05) is 24.4 Å². The first-order chi connectivity index (χ1) is 8.65. The lowest BCUT2D eigenvalue weighted by Gasteiger charge is -2.05. The van der Waals surface area contributed by atoms with Crippen LogP contribution < -0.4 is 5.73 Å². The first kappa shape index (κ1) is 15.1. The van der Waals surface area contributed by atoms with Gasteiger partial charge in [-0.2, -0.15) is 0 Å². The Labute approximate surface area is 109 Å². The molecule has 0 aliphatic carbocycles. The first-order valence-corrected chi connectivity index (χ1v) is 6.97. The highest BCUT2D eigenvalue weighted by Crippen LogP contribution is 2.15. The van der Waals surface area contributed by atoms with Crippen LogP contribution in [0.15, 0.2) is 23.1 Å². The predicted octanol–water partition coefficient (Wildman–Crippen LogP) is 1.57. The summed E-state index contributed by atoms with van der Waals surface area (Å²) in [7, 11) is 0.389. The molecule has 1 aromatic carbocycles. The van der Waals surface area contributed by atoms with Crippen molar-refractivity contribution in [2.24, 2.45) is 0 Å². The average Bonchev–Trinajstić information content (AvgIpc) is 2.36. The summed E-state index contributed by atoms with van der Waals surface area (Å²) < 4.78 is 35.1. The zero-order valence-electron chi connectivity index (χ0n) is 10.4. The molecule has 102 valence electrons. The molecule has 0 amide bonds. The number of hydrogen-bond acceptors (Lipinski definition) is 4. The normalized spacial score (nSPS) is 12.6. The van der Waals surface area contributed by atoms with Gasteiger partial charge in [-0.3, -0.25) is 4.21 Å². The van der Waals surface area contributed by atoms with E-state index in [1.54, 1.807) is 13.2 Å². The summed E-state index contributed by atoms with van der Waals surface area (Å²) >= 11 is 0. The maximum atomic E-state index is 13.2. The fourth-order valence-electron chi connectivity index (χ4n) is 1.30. The lowest BCUT2D eigenvalue weighted by Crippen LogP contribution is -2.07. The molecule has 6 heteroatoms. The van der Waals surface area contributed by atoms with Crippen LogP contribution in [0.25, 0.3) is 0 Å². The summed E-state index contributed by atoms with van der Waals surface area (Å²) in [6.45, 7) is 1.60. The highest BCUT2D eigenvalue weighted by atomic mass is 32.2. The van der Waals surface area contributed by atoms with Gasteiger partial charge >= 0.3 is 0 Å². The minimum absolute atomic E-state index is 0.0682. The molecule has 1 aromatic rings. The molecule has 1 atom stereocenters. The third-order valence-electron chi connectivity index (χ3n) is 2.29. The zero-order valence-corrected chi connectivity index (χ0v) is 11.2. The minimum Gasteiger partial charge on any atom is -0.396 e. The van der Waals surface area contributed by atoms with Crippen molar-refractivity contribution >= 4 is 16.5 Å². The number of anilines is 1. The first-order valence-electron chi connectivity index (χ1n) is 5.65. The third kappa shape index (κ3) is 5.12. The van der Waals surface area contributed by atoms with Gasteiger partial charge in [0.05, 0.1) is 29.7 Å². The van der Waals surface area contributed by atoms with Gasteiger partial charge < -0.3 is 15.2 Å². The summed E-state index contributed by atoms with van der Waals surface area (Å²) in [6, 6.07) is 4.23. The van der Waals surface area contributed by atoms with Gasteiger partial charge in [0.2, 0.25) is 0 Å². The van der Waals surface area contributed by atoms with Crippen molar-refractivity contribution in [2.45, 2.75) is 11.3 Å². The highest BCUT2D eigenvalue weighted by molar-refractivity contribution is 7.85. The summed E-state index contributed by atoms with van der Waals surface area (Å²) in [4.78, 5) is 0.457. The Morgan fingerprint density at radius 2 is 2.11 bits per heavy atom. The van der Waals surface area contributed by atoms with Gasteiger partial charge in [-0.15, -0.1) is 0 Å². The SMILES string of the molecule is COCCOCCCS(=O)c1ccc(N)c(F)c1. The molecule has 1 rings (SSSR count). The second kappa shape index (κ2) is 8.18. The topological polar surface area (TPSA) is 61.5 Å².